The minimum absolute atomic E-state index is 0.0432. The molecule has 0 aliphatic carbocycles. The Bertz CT molecular complexity index is 2300. The SMILES string of the molecule is COc1ccc(C[C@H](NC(=O)[C@H](Cc2ccccc2)NC(=O)OCc2ccccc2)C(=O)O)cc1.O=C(C(F)(F)Oc1ccc(F)c(F)c1F)C(F)(F)Oc1ccc(F)c(F)c1F. The fraction of sp³-hybridized carbons (Fsp3) is 0.190. The molecule has 0 radical (unpaired) electrons. The first-order valence-corrected chi connectivity index (χ1v) is 17.8. The molecule has 0 bridgehead atoms. The van der Waals surface area contributed by atoms with E-state index in [-0.39, 0.29) is 43.7 Å². The smallest absolute Gasteiger partial charge is 0.471 e. The Kier molecular flexibility index (Phi) is 16.5. The maximum atomic E-state index is 13.6. The number of carbonyl (C=O) groups is 4. The molecule has 0 spiro atoms. The summed E-state index contributed by atoms with van der Waals surface area (Å²) < 4.78 is 150. The Morgan fingerprint density at radius 2 is 1.02 bits per heavy atom. The number of carbonyl (C=O) groups excluding carboxylic acids is 3. The number of amides is 2. The fourth-order valence-electron chi connectivity index (χ4n) is 5.15. The normalized spacial score (nSPS) is 12.1. The van der Waals surface area contributed by atoms with Crippen LogP contribution in [0.15, 0.2) is 109 Å². The van der Waals surface area contributed by atoms with E-state index in [1.807, 2.05) is 60.7 Å². The summed E-state index contributed by atoms with van der Waals surface area (Å²) in [5.74, 6) is -21.3. The van der Waals surface area contributed by atoms with Gasteiger partial charge in [-0.25, -0.2) is 27.2 Å². The molecule has 2 atom stereocenters. The first kappa shape index (κ1) is 48.3. The van der Waals surface area contributed by atoms with Gasteiger partial charge in [0.1, 0.15) is 24.4 Å². The van der Waals surface area contributed by atoms with Gasteiger partial charge in [-0.05, 0) is 53.1 Å². The van der Waals surface area contributed by atoms with Crippen molar-refractivity contribution in [2.24, 2.45) is 0 Å². The van der Waals surface area contributed by atoms with Crippen LogP contribution in [-0.4, -0.2) is 60.3 Å². The summed E-state index contributed by atoms with van der Waals surface area (Å²) >= 11 is 0. The number of ether oxygens (including phenoxy) is 4. The number of benzene rings is 5. The number of nitrogens with one attached hydrogen (secondary N) is 2. The molecule has 0 aromatic heterocycles. The van der Waals surface area contributed by atoms with Crippen molar-refractivity contribution >= 4 is 23.8 Å². The first-order chi connectivity index (χ1) is 29.7. The van der Waals surface area contributed by atoms with Gasteiger partial charge in [0.15, 0.2) is 34.8 Å². The van der Waals surface area contributed by atoms with Crippen LogP contribution in [-0.2, 0) is 38.6 Å². The van der Waals surface area contributed by atoms with Gasteiger partial charge in [-0.15, -0.1) is 0 Å². The number of halogens is 10. The predicted octanol–water partition coefficient (Wildman–Crippen LogP) is 8.08. The van der Waals surface area contributed by atoms with E-state index in [9.17, 15) is 68.2 Å². The average Bonchev–Trinajstić information content (AvgIpc) is 3.26. The van der Waals surface area contributed by atoms with Crippen molar-refractivity contribution in [1.29, 1.82) is 0 Å². The minimum atomic E-state index is -5.59. The maximum Gasteiger partial charge on any atom is 0.471 e. The highest BCUT2D eigenvalue weighted by atomic mass is 19.3. The van der Waals surface area contributed by atoms with Crippen molar-refractivity contribution in [2.45, 2.75) is 43.7 Å². The van der Waals surface area contributed by atoms with E-state index in [0.717, 1.165) is 11.1 Å². The minimum Gasteiger partial charge on any atom is -0.497 e. The second-order valence-corrected chi connectivity index (χ2v) is 12.8. The monoisotopic (exact) mass is 898 g/mol. The van der Waals surface area contributed by atoms with E-state index >= 15 is 0 Å². The van der Waals surface area contributed by atoms with Crippen molar-refractivity contribution in [3.8, 4) is 17.2 Å². The molecule has 0 heterocycles. The van der Waals surface area contributed by atoms with Crippen molar-refractivity contribution in [2.75, 3.05) is 7.11 Å². The van der Waals surface area contributed by atoms with Crippen molar-refractivity contribution in [1.82, 2.24) is 10.6 Å². The van der Waals surface area contributed by atoms with Crippen LogP contribution in [0.1, 0.15) is 16.7 Å². The molecular formula is C42H32F10N2O9. The molecule has 0 aliphatic heterocycles. The third-order valence-corrected chi connectivity index (χ3v) is 8.32. The van der Waals surface area contributed by atoms with Crippen LogP contribution < -0.4 is 24.8 Å². The number of alkyl carbamates (subject to hydrolysis) is 1. The van der Waals surface area contributed by atoms with E-state index in [2.05, 4.69) is 20.1 Å². The fourth-order valence-corrected chi connectivity index (χ4v) is 5.15. The van der Waals surface area contributed by atoms with E-state index < -0.39 is 94.5 Å². The second kappa shape index (κ2) is 21.5. The number of alkyl halides is 4. The van der Waals surface area contributed by atoms with Gasteiger partial charge in [-0.3, -0.25) is 9.59 Å². The zero-order valence-electron chi connectivity index (χ0n) is 32.2. The van der Waals surface area contributed by atoms with E-state index in [0.29, 0.717) is 11.3 Å². The molecule has 0 saturated carbocycles. The summed E-state index contributed by atoms with van der Waals surface area (Å²) in [6, 6.07) is 23.3. The molecule has 63 heavy (non-hydrogen) atoms. The van der Waals surface area contributed by atoms with Crippen molar-refractivity contribution in [3.63, 3.8) is 0 Å². The van der Waals surface area contributed by atoms with E-state index in [1.54, 1.807) is 31.4 Å². The van der Waals surface area contributed by atoms with Crippen LogP contribution in [0.3, 0.4) is 0 Å². The van der Waals surface area contributed by atoms with Crippen LogP contribution in [0, 0.1) is 34.9 Å². The summed E-state index contributed by atoms with van der Waals surface area (Å²) in [4.78, 5) is 48.7. The molecule has 0 saturated heterocycles. The van der Waals surface area contributed by atoms with Gasteiger partial charge in [0.25, 0.3) is 0 Å². The molecular weight excluding hydrogens is 866 g/mol. The molecule has 2 amide bonds. The molecule has 5 aromatic rings. The van der Waals surface area contributed by atoms with Gasteiger partial charge in [0, 0.05) is 12.8 Å². The van der Waals surface area contributed by atoms with Crippen LogP contribution >= 0.6 is 0 Å². The summed E-state index contributed by atoms with van der Waals surface area (Å²) in [5, 5.41) is 14.8. The molecule has 11 nitrogen and oxygen atoms in total. The van der Waals surface area contributed by atoms with Gasteiger partial charge in [0.05, 0.1) is 7.11 Å². The predicted molar refractivity (Wildman–Crippen MR) is 199 cm³/mol. The lowest BCUT2D eigenvalue weighted by Gasteiger charge is -2.22. The number of carboxylic acid groups (broad SMARTS) is 1. The number of hydrogen-bond donors (Lipinski definition) is 3. The van der Waals surface area contributed by atoms with Crippen LogP contribution in [0.2, 0.25) is 0 Å². The highest BCUT2D eigenvalue weighted by molar-refractivity contribution is 5.90. The molecule has 0 aliphatic rings. The molecule has 21 heteroatoms. The Hall–Kier alpha value is -7.32. The van der Waals surface area contributed by atoms with Crippen molar-refractivity contribution in [3.05, 3.63) is 161 Å². The van der Waals surface area contributed by atoms with E-state index in [1.165, 1.54) is 0 Å². The summed E-state index contributed by atoms with van der Waals surface area (Å²) in [6.07, 6.45) is -11.7. The molecule has 5 rings (SSSR count). The Labute approximate surface area is 350 Å². The quantitative estimate of drug-likeness (QED) is 0.0622. The zero-order chi connectivity index (χ0) is 46.5. The molecule has 0 fully saturated rings. The molecule has 5 aromatic carbocycles. The lowest BCUT2D eigenvalue weighted by atomic mass is 10.0. The number of methoxy groups -OCH3 is 1. The number of hydrogen-bond acceptors (Lipinski definition) is 8. The Morgan fingerprint density at radius 3 is 1.48 bits per heavy atom. The van der Waals surface area contributed by atoms with E-state index in [4.69, 9.17) is 9.47 Å². The third-order valence-electron chi connectivity index (χ3n) is 8.32. The number of carboxylic acids is 1. The van der Waals surface area contributed by atoms with Gasteiger partial charge < -0.3 is 34.7 Å². The molecule has 0 unspecified atom stereocenters. The largest absolute Gasteiger partial charge is 0.497 e. The number of ketones is 1. The van der Waals surface area contributed by atoms with Crippen LogP contribution in [0.25, 0.3) is 0 Å². The number of aliphatic carboxylic acids is 1. The Morgan fingerprint density at radius 1 is 0.571 bits per heavy atom. The first-order valence-electron chi connectivity index (χ1n) is 17.8. The van der Waals surface area contributed by atoms with Gasteiger partial charge >= 0.3 is 30.1 Å². The van der Waals surface area contributed by atoms with Crippen molar-refractivity contribution < 1.29 is 87.1 Å². The summed E-state index contributed by atoms with van der Waals surface area (Å²) in [6.45, 7) is 0.0432. The maximum absolute atomic E-state index is 13.6. The zero-order valence-corrected chi connectivity index (χ0v) is 32.2. The number of rotatable bonds is 17. The summed E-state index contributed by atoms with van der Waals surface area (Å²) in [5.41, 5.74) is 2.32. The van der Waals surface area contributed by atoms with Crippen LogP contribution in [0.4, 0.5) is 48.7 Å². The topological polar surface area (TPSA) is 149 Å². The molecule has 334 valence electrons. The standard InChI is InChI=1S/C27H28N2O6.C15H4F10O3/c1-34-22-14-12-20(13-15-22)17-24(26(31)32)28-25(30)23(16-19-8-4-2-5-9-19)29-27(33)35-18-21-10-6-3-7-11-21;16-5-1-3-7(11(20)9(5)18)27-14(22,23)13(26)15(24,25)28-8-4-2-6(17)10(19)12(8)21/h2-15,23-24H,16-18H2,1H3,(H,28,30)(H,29,33)(H,31,32);1-4H/t23-,24-;/m0./s1. The Balaban J connectivity index is 0.000000284. The lowest BCUT2D eigenvalue weighted by molar-refractivity contribution is -0.243. The summed E-state index contributed by atoms with van der Waals surface area (Å²) in [7, 11) is 1.54. The highest BCUT2D eigenvalue weighted by Crippen LogP contribution is 2.35. The molecule has 3 N–H and O–H groups in total. The van der Waals surface area contributed by atoms with Gasteiger partial charge in [-0.1, -0.05) is 72.8 Å². The van der Waals surface area contributed by atoms with Gasteiger partial charge in [0.2, 0.25) is 17.5 Å². The third kappa shape index (κ3) is 13.6. The second-order valence-electron chi connectivity index (χ2n) is 12.8. The average molecular weight is 899 g/mol. The lowest BCUT2D eigenvalue weighted by Crippen LogP contribution is -2.53. The number of Topliss-reactive ketones (excluding diaryl/α,β-unsaturated/α-hetero) is 1. The van der Waals surface area contributed by atoms with Crippen LogP contribution in [0.5, 0.6) is 17.2 Å². The highest BCUT2D eigenvalue weighted by Gasteiger charge is 2.60. The van der Waals surface area contributed by atoms with Gasteiger partial charge in [-0.2, -0.15) is 26.3 Å².